The molecule has 1 heterocycles. The van der Waals surface area contributed by atoms with Crippen molar-refractivity contribution in [2.24, 2.45) is 0 Å². The smallest absolute Gasteiger partial charge is 0.244 e. The molecule has 1 N–H and O–H groups in total. The Hall–Kier alpha value is -3.76. The summed E-state index contributed by atoms with van der Waals surface area (Å²) < 4.78 is 38.3. The Morgan fingerprint density at radius 1 is 0.952 bits per heavy atom. The monoisotopic (exact) mass is 613 g/mol. The fraction of sp³-hybridized carbons (Fsp3) is 0.355. The van der Waals surface area contributed by atoms with Gasteiger partial charge in [0.05, 0.1) is 11.9 Å². The quantitative estimate of drug-likeness (QED) is 0.324. The molecule has 2 unspecified atom stereocenters. The number of amides is 2. The molecule has 0 aromatic heterocycles. The highest BCUT2D eigenvalue weighted by Crippen LogP contribution is 2.35. The molecule has 3 aromatic rings. The largest absolute Gasteiger partial charge is 0.486 e. The zero-order chi connectivity index (χ0) is 30.3. The maximum Gasteiger partial charge on any atom is 0.244 e. The van der Waals surface area contributed by atoms with Crippen LogP contribution in [-0.4, -0.2) is 63.2 Å². The van der Waals surface area contributed by atoms with Crippen LogP contribution in [0.15, 0.2) is 72.8 Å². The molecular weight excluding hydrogens is 578 g/mol. The predicted octanol–water partition coefficient (Wildman–Crippen LogP) is 4.43. The number of ether oxygens (including phenoxy) is 2. The zero-order valence-corrected chi connectivity index (χ0v) is 25.5. The number of carbonyl (C=O) groups is 2. The van der Waals surface area contributed by atoms with Gasteiger partial charge in [-0.05, 0) is 48.7 Å². The lowest BCUT2D eigenvalue weighted by atomic mass is 10.0. The molecule has 2 atom stereocenters. The van der Waals surface area contributed by atoms with Crippen LogP contribution in [0.3, 0.4) is 0 Å². The first-order valence-corrected chi connectivity index (χ1v) is 16.0. The van der Waals surface area contributed by atoms with E-state index < -0.39 is 28.5 Å². The number of benzene rings is 3. The van der Waals surface area contributed by atoms with E-state index >= 15 is 0 Å². The number of sulfonamides is 1. The zero-order valence-electron chi connectivity index (χ0n) is 24.0. The Bertz CT molecular complexity index is 1480. The van der Waals surface area contributed by atoms with E-state index in [-0.39, 0.29) is 30.6 Å². The van der Waals surface area contributed by atoms with Crippen molar-refractivity contribution >= 4 is 39.1 Å². The summed E-state index contributed by atoms with van der Waals surface area (Å²) in [6, 6.07) is 20.1. The Balaban J connectivity index is 1.73. The maximum absolute atomic E-state index is 14.2. The third-order valence-corrected chi connectivity index (χ3v) is 8.42. The van der Waals surface area contributed by atoms with E-state index in [0.717, 1.165) is 21.7 Å². The Morgan fingerprint density at radius 3 is 2.26 bits per heavy atom. The van der Waals surface area contributed by atoms with E-state index in [1.807, 2.05) is 44.2 Å². The van der Waals surface area contributed by atoms with Gasteiger partial charge in [0.2, 0.25) is 21.8 Å². The molecule has 11 heteroatoms. The van der Waals surface area contributed by atoms with Crippen LogP contribution in [0.1, 0.15) is 31.4 Å². The van der Waals surface area contributed by atoms with Crippen LogP contribution in [0.5, 0.6) is 11.5 Å². The van der Waals surface area contributed by atoms with Gasteiger partial charge in [0.25, 0.3) is 0 Å². The lowest BCUT2D eigenvalue weighted by Crippen LogP contribution is -2.54. The standard InChI is InChI=1S/C31H36ClN3O6S/c1-4-22(2)33-31(37)27(18-23-8-6-5-7-9-23)34(20-24-10-12-25(32)13-11-24)30(36)21-35(42(3,38)39)26-14-15-28-29(19-26)41-17-16-40-28/h5-15,19,22,27H,4,16-18,20-21H2,1-3H3,(H,33,37). The Kier molecular flexibility index (Phi) is 10.3. The Morgan fingerprint density at radius 2 is 1.62 bits per heavy atom. The van der Waals surface area contributed by atoms with Crippen molar-refractivity contribution in [3.8, 4) is 11.5 Å². The summed E-state index contributed by atoms with van der Waals surface area (Å²) in [6.07, 6.45) is 1.99. The van der Waals surface area contributed by atoms with Crippen molar-refractivity contribution in [2.45, 2.75) is 45.3 Å². The van der Waals surface area contributed by atoms with Gasteiger partial charge >= 0.3 is 0 Å². The fourth-order valence-electron chi connectivity index (χ4n) is 4.58. The van der Waals surface area contributed by atoms with E-state index in [9.17, 15) is 18.0 Å². The first kappa shape index (κ1) is 31.2. The number of rotatable bonds is 12. The Labute approximate surface area is 252 Å². The average Bonchev–Trinajstić information content (AvgIpc) is 2.98. The molecule has 2 amide bonds. The van der Waals surface area contributed by atoms with Crippen LogP contribution >= 0.6 is 11.6 Å². The van der Waals surface area contributed by atoms with Crippen LogP contribution in [0.25, 0.3) is 0 Å². The minimum Gasteiger partial charge on any atom is -0.486 e. The third kappa shape index (κ3) is 8.17. The summed E-state index contributed by atoms with van der Waals surface area (Å²) in [5.41, 5.74) is 1.86. The van der Waals surface area contributed by atoms with Gasteiger partial charge in [-0.15, -0.1) is 0 Å². The summed E-state index contributed by atoms with van der Waals surface area (Å²) in [6.45, 7) is 4.13. The number of fused-ring (bicyclic) bond motifs is 1. The van der Waals surface area contributed by atoms with Crippen molar-refractivity contribution in [3.05, 3.63) is 88.9 Å². The third-order valence-electron chi connectivity index (χ3n) is 7.03. The first-order chi connectivity index (χ1) is 20.0. The molecule has 0 bridgehead atoms. The molecule has 4 rings (SSSR count). The number of carbonyl (C=O) groups excluding carboxylic acids is 2. The van der Waals surface area contributed by atoms with Crippen molar-refractivity contribution in [1.82, 2.24) is 10.2 Å². The molecule has 3 aromatic carbocycles. The molecule has 0 saturated heterocycles. The van der Waals surface area contributed by atoms with Crippen LogP contribution < -0.4 is 19.1 Å². The summed E-state index contributed by atoms with van der Waals surface area (Å²) in [5.74, 6) is 0.0396. The molecule has 1 aliphatic rings. The van der Waals surface area contributed by atoms with E-state index in [0.29, 0.717) is 36.2 Å². The van der Waals surface area contributed by atoms with Gasteiger partial charge in [0.15, 0.2) is 11.5 Å². The molecule has 42 heavy (non-hydrogen) atoms. The number of anilines is 1. The highest BCUT2D eigenvalue weighted by molar-refractivity contribution is 7.92. The van der Waals surface area contributed by atoms with Crippen LogP contribution in [0.2, 0.25) is 5.02 Å². The van der Waals surface area contributed by atoms with Gasteiger partial charge in [-0.3, -0.25) is 13.9 Å². The van der Waals surface area contributed by atoms with Crippen LogP contribution in [0, 0.1) is 0 Å². The van der Waals surface area contributed by atoms with Gasteiger partial charge < -0.3 is 19.7 Å². The highest BCUT2D eigenvalue weighted by Gasteiger charge is 2.33. The van der Waals surface area contributed by atoms with Crippen molar-refractivity contribution < 1.29 is 27.5 Å². The van der Waals surface area contributed by atoms with Gasteiger partial charge in [0.1, 0.15) is 25.8 Å². The number of nitrogens with zero attached hydrogens (tertiary/aromatic N) is 2. The second-order valence-electron chi connectivity index (χ2n) is 10.3. The average molecular weight is 614 g/mol. The molecule has 224 valence electrons. The summed E-state index contributed by atoms with van der Waals surface area (Å²) >= 11 is 6.10. The van der Waals surface area contributed by atoms with E-state index in [2.05, 4.69) is 5.32 Å². The normalized spacial score (nSPS) is 14.0. The van der Waals surface area contributed by atoms with E-state index in [1.165, 1.54) is 4.90 Å². The predicted molar refractivity (Wildman–Crippen MR) is 163 cm³/mol. The van der Waals surface area contributed by atoms with Gasteiger partial charge in [-0.2, -0.15) is 0 Å². The number of nitrogens with one attached hydrogen (secondary N) is 1. The first-order valence-electron chi connectivity index (χ1n) is 13.8. The van der Waals surface area contributed by atoms with Crippen LogP contribution in [-0.2, 0) is 32.6 Å². The molecule has 0 fully saturated rings. The molecule has 9 nitrogen and oxygen atoms in total. The van der Waals surface area contributed by atoms with Gasteiger partial charge in [-0.25, -0.2) is 8.42 Å². The molecule has 1 aliphatic heterocycles. The fourth-order valence-corrected chi connectivity index (χ4v) is 5.55. The topological polar surface area (TPSA) is 105 Å². The SMILES string of the molecule is CCC(C)NC(=O)C(Cc1ccccc1)N(Cc1ccc(Cl)cc1)C(=O)CN(c1ccc2c(c1)OCCO2)S(C)(=O)=O. The van der Waals surface area contributed by atoms with Crippen LogP contribution in [0.4, 0.5) is 5.69 Å². The minimum atomic E-state index is -3.91. The van der Waals surface area contributed by atoms with Crippen molar-refractivity contribution in [2.75, 3.05) is 30.3 Å². The summed E-state index contributed by atoms with van der Waals surface area (Å²) in [5, 5.41) is 3.55. The second-order valence-corrected chi connectivity index (χ2v) is 12.6. The lowest BCUT2D eigenvalue weighted by molar-refractivity contribution is -0.140. The molecule has 0 aliphatic carbocycles. The second kappa shape index (κ2) is 13.9. The van der Waals surface area contributed by atoms with Crippen molar-refractivity contribution in [3.63, 3.8) is 0 Å². The summed E-state index contributed by atoms with van der Waals surface area (Å²) in [4.78, 5) is 29.4. The number of hydrogen-bond acceptors (Lipinski definition) is 6. The number of hydrogen-bond donors (Lipinski definition) is 1. The van der Waals surface area contributed by atoms with Gasteiger partial charge in [-0.1, -0.05) is 61.0 Å². The molecule has 0 saturated carbocycles. The highest BCUT2D eigenvalue weighted by atomic mass is 35.5. The minimum absolute atomic E-state index is 0.0696. The van der Waals surface area contributed by atoms with E-state index in [1.54, 1.807) is 42.5 Å². The van der Waals surface area contributed by atoms with Crippen molar-refractivity contribution in [1.29, 1.82) is 0 Å². The molecule has 0 radical (unpaired) electrons. The lowest BCUT2D eigenvalue weighted by Gasteiger charge is -2.34. The van der Waals surface area contributed by atoms with Gasteiger partial charge in [0, 0.05) is 30.1 Å². The molecular formula is C31H36ClN3O6S. The molecule has 0 spiro atoms. The van der Waals surface area contributed by atoms with E-state index in [4.69, 9.17) is 21.1 Å². The number of halogens is 1. The summed E-state index contributed by atoms with van der Waals surface area (Å²) in [7, 11) is -3.91. The maximum atomic E-state index is 14.2.